The minimum Gasteiger partial charge on any atom is -0.286 e. The molecule has 0 saturated carbocycles. The van der Waals surface area contributed by atoms with Gasteiger partial charge in [-0.15, -0.1) is 0 Å². The lowest BCUT2D eigenvalue weighted by atomic mass is 10.1. The first-order valence-corrected chi connectivity index (χ1v) is 8.22. The molecule has 0 spiro atoms. The highest BCUT2D eigenvalue weighted by Crippen LogP contribution is 2.22. The fourth-order valence-electron chi connectivity index (χ4n) is 2.20. The topological polar surface area (TPSA) is 20.3 Å². The molecule has 0 unspecified atom stereocenters. The third-order valence-corrected chi connectivity index (χ3v) is 4.39. The molecule has 1 aliphatic rings. The van der Waals surface area contributed by atoms with Crippen molar-refractivity contribution in [2.75, 3.05) is 12.3 Å². The molecule has 0 aromatic heterocycles. The van der Waals surface area contributed by atoms with Gasteiger partial charge in [-0.2, -0.15) is 0 Å². The van der Waals surface area contributed by atoms with Crippen molar-refractivity contribution in [3.63, 3.8) is 0 Å². The molecule has 0 atom stereocenters. The first-order valence-electron chi connectivity index (χ1n) is 7.28. The fourth-order valence-corrected chi connectivity index (χ4v) is 3.17. The summed E-state index contributed by atoms with van der Waals surface area (Å²) < 4.78 is 1.96. The van der Waals surface area contributed by atoms with Crippen LogP contribution in [0.1, 0.15) is 71.1 Å². The summed E-state index contributed by atoms with van der Waals surface area (Å²) in [5, 5.41) is 0. The Kier molecular flexibility index (Phi) is 8.59. The molecule has 1 amide bonds. The van der Waals surface area contributed by atoms with Crippen LogP contribution in [-0.2, 0) is 4.79 Å². The summed E-state index contributed by atoms with van der Waals surface area (Å²) in [4.78, 5) is 11.3. The van der Waals surface area contributed by atoms with E-state index in [4.69, 9.17) is 0 Å². The van der Waals surface area contributed by atoms with E-state index in [1.807, 2.05) is 4.31 Å². The van der Waals surface area contributed by atoms with Gasteiger partial charge in [-0.05, 0) is 18.4 Å². The molecule has 1 rings (SSSR count). The van der Waals surface area contributed by atoms with E-state index in [9.17, 15) is 4.79 Å². The van der Waals surface area contributed by atoms with Crippen LogP contribution >= 0.6 is 11.9 Å². The molecule has 0 N–H and O–H groups in total. The van der Waals surface area contributed by atoms with E-state index in [1.54, 1.807) is 11.9 Å². The number of nitrogens with zero attached hydrogens (tertiary/aromatic N) is 1. The zero-order valence-electron chi connectivity index (χ0n) is 11.2. The van der Waals surface area contributed by atoms with E-state index in [-0.39, 0.29) is 0 Å². The molecule has 3 heteroatoms. The Morgan fingerprint density at radius 2 is 1.59 bits per heavy atom. The molecule has 0 aliphatic carbocycles. The van der Waals surface area contributed by atoms with E-state index in [2.05, 4.69) is 6.92 Å². The number of hydrogen-bond donors (Lipinski definition) is 0. The van der Waals surface area contributed by atoms with Crippen LogP contribution in [0.25, 0.3) is 0 Å². The van der Waals surface area contributed by atoms with Crippen LogP contribution in [0.4, 0.5) is 0 Å². The van der Waals surface area contributed by atoms with Gasteiger partial charge < -0.3 is 0 Å². The summed E-state index contributed by atoms with van der Waals surface area (Å²) in [7, 11) is 0. The molecule has 1 fully saturated rings. The van der Waals surface area contributed by atoms with Gasteiger partial charge in [-0.1, -0.05) is 58.3 Å². The summed E-state index contributed by atoms with van der Waals surface area (Å²) in [6.45, 7) is 3.23. The number of carbonyl (C=O) groups excluding carboxylic acids is 1. The van der Waals surface area contributed by atoms with Gasteiger partial charge >= 0.3 is 0 Å². The lowest BCUT2D eigenvalue weighted by molar-refractivity contribution is -0.124. The smallest absolute Gasteiger partial charge is 0.233 e. The molecule has 100 valence electrons. The number of rotatable bonds is 10. The molecular formula is C14H27NOS. The Hall–Kier alpha value is -0.180. The maximum atomic E-state index is 11.3. The summed E-state index contributed by atoms with van der Waals surface area (Å²) in [5.74, 6) is 1.34. The van der Waals surface area contributed by atoms with E-state index >= 15 is 0 Å². The van der Waals surface area contributed by atoms with Crippen molar-refractivity contribution >= 4 is 17.9 Å². The van der Waals surface area contributed by atoms with Crippen molar-refractivity contribution < 1.29 is 4.79 Å². The third kappa shape index (κ3) is 6.97. The Morgan fingerprint density at radius 1 is 1.00 bits per heavy atom. The van der Waals surface area contributed by atoms with Crippen molar-refractivity contribution in [3.05, 3.63) is 0 Å². The highest BCUT2D eigenvalue weighted by Gasteiger charge is 2.19. The summed E-state index contributed by atoms with van der Waals surface area (Å²) in [5.41, 5.74) is 0. The van der Waals surface area contributed by atoms with E-state index in [0.29, 0.717) is 5.91 Å². The number of unbranched alkanes of at least 4 members (excludes halogenated alkanes) is 8. The zero-order valence-corrected chi connectivity index (χ0v) is 12.1. The standard InChI is InChI=1S/C14H27NOS/c1-2-3-4-5-6-7-8-9-10-12-15-14(16)11-13-17-15/h2-13H2,1H3. The summed E-state index contributed by atoms with van der Waals surface area (Å²) in [6.07, 6.45) is 12.9. The van der Waals surface area contributed by atoms with Crippen LogP contribution in [0.15, 0.2) is 0 Å². The zero-order chi connectivity index (χ0) is 12.3. The average molecular weight is 257 g/mol. The van der Waals surface area contributed by atoms with Crippen LogP contribution in [0, 0.1) is 0 Å². The molecule has 0 aromatic rings. The summed E-state index contributed by atoms with van der Waals surface area (Å²) >= 11 is 1.71. The van der Waals surface area contributed by atoms with Gasteiger partial charge in [-0.3, -0.25) is 9.10 Å². The van der Waals surface area contributed by atoms with Crippen molar-refractivity contribution in [2.45, 2.75) is 71.1 Å². The molecule has 1 aliphatic heterocycles. The Labute approximate surface area is 111 Å². The second-order valence-corrected chi connectivity index (χ2v) is 6.01. The monoisotopic (exact) mass is 257 g/mol. The van der Waals surface area contributed by atoms with Crippen LogP contribution in [0.5, 0.6) is 0 Å². The number of amides is 1. The first-order chi connectivity index (χ1) is 8.34. The quantitative estimate of drug-likeness (QED) is 0.427. The minimum absolute atomic E-state index is 0.342. The predicted octanol–water partition coefficient (Wildman–Crippen LogP) is 4.40. The van der Waals surface area contributed by atoms with Gasteiger partial charge in [0.15, 0.2) is 0 Å². The van der Waals surface area contributed by atoms with Crippen LogP contribution in [0.2, 0.25) is 0 Å². The SMILES string of the molecule is CCCCCCCCCCCN1SCCC1=O. The van der Waals surface area contributed by atoms with Crippen molar-refractivity contribution in [1.82, 2.24) is 4.31 Å². The number of hydrogen-bond acceptors (Lipinski definition) is 2. The van der Waals surface area contributed by atoms with Crippen LogP contribution < -0.4 is 0 Å². The minimum atomic E-state index is 0.342. The van der Waals surface area contributed by atoms with Crippen LogP contribution in [-0.4, -0.2) is 22.5 Å². The average Bonchev–Trinajstić information content (AvgIpc) is 2.73. The lowest BCUT2D eigenvalue weighted by Gasteiger charge is -2.13. The molecular weight excluding hydrogens is 230 g/mol. The van der Waals surface area contributed by atoms with Gasteiger partial charge in [0.05, 0.1) is 0 Å². The van der Waals surface area contributed by atoms with Gasteiger partial charge in [0.25, 0.3) is 0 Å². The molecule has 0 bridgehead atoms. The maximum absolute atomic E-state index is 11.3. The second-order valence-electron chi connectivity index (χ2n) is 4.91. The van der Waals surface area contributed by atoms with Gasteiger partial charge in [0.1, 0.15) is 0 Å². The normalized spacial score (nSPS) is 15.8. The van der Waals surface area contributed by atoms with E-state index in [0.717, 1.165) is 18.7 Å². The summed E-state index contributed by atoms with van der Waals surface area (Å²) in [6, 6.07) is 0. The molecule has 0 aromatic carbocycles. The highest BCUT2D eigenvalue weighted by atomic mass is 32.2. The Morgan fingerprint density at radius 3 is 2.12 bits per heavy atom. The van der Waals surface area contributed by atoms with E-state index in [1.165, 1.54) is 57.8 Å². The third-order valence-electron chi connectivity index (χ3n) is 3.31. The van der Waals surface area contributed by atoms with E-state index < -0.39 is 0 Å². The second kappa shape index (κ2) is 9.81. The Balaban J connectivity index is 1.80. The van der Waals surface area contributed by atoms with Crippen LogP contribution in [0.3, 0.4) is 0 Å². The molecule has 1 heterocycles. The van der Waals surface area contributed by atoms with Gasteiger partial charge in [0, 0.05) is 18.7 Å². The largest absolute Gasteiger partial charge is 0.286 e. The fraction of sp³-hybridized carbons (Fsp3) is 0.929. The van der Waals surface area contributed by atoms with Crippen molar-refractivity contribution in [2.24, 2.45) is 0 Å². The highest BCUT2D eigenvalue weighted by molar-refractivity contribution is 7.97. The predicted molar refractivity (Wildman–Crippen MR) is 76.0 cm³/mol. The van der Waals surface area contributed by atoms with Crippen molar-refractivity contribution in [3.8, 4) is 0 Å². The lowest BCUT2D eigenvalue weighted by Crippen LogP contribution is -2.19. The maximum Gasteiger partial charge on any atom is 0.233 e. The molecule has 1 saturated heterocycles. The first kappa shape index (κ1) is 14.9. The van der Waals surface area contributed by atoms with Crippen molar-refractivity contribution in [1.29, 1.82) is 0 Å². The number of carbonyl (C=O) groups is 1. The molecule has 17 heavy (non-hydrogen) atoms. The molecule has 2 nitrogen and oxygen atoms in total. The molecule has 0 radical (unpaired) electrons. The Bertz CT molecular complexity index is 208. The van der Waals surface area contributed by atoms with Gasteiger partial charge in [-0.25, -0.2) is 0 Å². The van der Waals surface area contributed by atoms with Gasteiger partial charge in [0.2, 0.25) is 5.91 Å².